The van der Waals surface area contributed by atoms with Crippen molar-refractivity contribution in [2.24, 2.45) is 0 Å². The molecule has 0 aromatic carbocycles. The lowest BCUT2D eigenvalue weighted by atomic mass is 10.7. The van der Waals surface area contributed by atoms with Crippen LogP contribution < -0.4 is 0 Å². The Morgan fingerprint density at radius 2 is 2.00 bits per heavy atom. The molecular weight excluding hydrogens is 220 g/mol. The van der Waals surface area contributed by atoms with Crippen LogP contribution in [0, 0.1) is 0 Å². The molecular formula is C5H7ClN2O4S. The zero-order valence-electron chi connectivity index (χ0n) is 6.73. The third-order valence-corrected chi connectivity index (χ3v) is 2.93. The highest BCUT2D eigenvalue weighted by Crippen LogP contribution is 2.13. The normalized spacial score (nSPS) is 18.2. The molecule has 0 atom stereocenters. The van der Waals surface area contributed by atoms with Gasteiger partial charge in [-0.05, 0) is 11.6 Å². The van der Waals surface area contributed by atoms with E-state index in [4.69, 9.17) is 11.6 Å². The van der Waals surface area contributed by atoms with Crippen LogP contribution >= 0.6 is 11.6 Å². The first-order valence-electron chi connectivity index (χ1n) is 3.32. The average Bonchev–Trinajstić information content (AvgIpc) is 2.28. The lowest BCUT2D eigenvalue weighted by Gasteiger charge is -2.12. The molecule has 74 valence electrons. The Hall–Kier alpha value is -0.820. The van der Waals surface area contributed by atoms with Crippen LogP contribution in [0.25, 0.3) is 0 Å². The first-order chi connectivity index (χ1) is 5.84. The summed E-state index contributed by atoms with van der Waals surface area (Å²) in [4.78, 5) is 22.4. The van der Waals surface area contributed by atoms with Crippen LogP contribution in [0.15, 0.2) is 0 Å². The lowest BCUT2D eigenvalue weighted by Crippen LogP contribution is -2.36. The zero-order chi connectivity index (χ0) is 10.2. The number of imide groups is 1. The van der Waals surface area contributed by atoms with Gasteiger partial charge >= 0.3 is 11.4 Å². The van der Waals surface area contributed by atoms with E-state index in [1.165, 1.54) is 0 Å². The van der Waals surface area contributed by atoms with E-state index < -0.39 is 21.4 Å². The van der Waals surface area contributed by atoms with Gasteiger partial charge in [0.15, 0.2) is 0 Å². The van der Waals surface area contributed by atoms with Crippen LogP contribution in [-0.4, -0.2) is 48.4 Å². The number of hydrogen-bond acceptors (Lipinski definition) is 4. The summed E-state index contributed by atoms with van der Waals surface area (Å²) >= 11 is 5.04. The van der Waals surface area contributed by atoms with Crippen LogP contribution in [0.1, 0.15) is 0 Å². The lowest BCUT2D eigenvalue weighted by molar-refractivity contribution is 0.206. The van der Waals surface area contributed by atoms with E-state index in [1.807, 2.05) is 0 Å². The van der Waals surface area contributed by atoms with Gasteiger partial charge in [-0.3, -0.25) is 4.79 Å². The summed E-state index contributed by atoms with van der Waals surface area (Å²) in [5, 5.41) is -0.962. The molecule has 1 saturated heterocycles. The molecule has 6 nitrogen and oxygen atoms in total. The number of halogens is 1. The van der Waals surface area contributed by atoms with E-state index in [0.717, 1.165) is 6.26 Å². The Morgan fingerprint density at radius 1 is 1.46 bits per heavy atom. The second-order valence-corrected chi connectivity index (χ2v) is 4.75. The molecule has 0 aliphatic carbocycles. The molecule has 0 aromatic heterocycles. The number of urea groups is 1. The first kappa shape index (κ1) is 10.3. The topological polar surface area (TPSA) is 74.8 Å². The second kappa shape index (κ2) is 3.15. The van der Waals surface area contributed by atoms with Crippen LogP contribution in [0.2, 0.25) is 0 Å². The van der Waals surface area contributed by atoms with Gasteiger partial charge in [0.05, 0.1) is 19.3 Å². The van der Waals surface area contributed by atoms with Gasteiger partial charge in [-0.1, -0.05) is 0 Å². The van der Waals surface area contributed by atoms with E-state index in [0.29, 0.717) is 9.21 Å². The van der Waals surface area contributed by atoms with Crippen LogP contribution in [0.4, 0.5) is 9.59 Å². The third kappa shape index (κ3) is 1.92. The van der Waals surface area contributed by atoms with E-state index in [1.54, 1.807) is 0 Å². The standard InChI is InChI=1S/C5H7ClN2O4S/c1-13(11,12)8-3-2-7(4(6)9)5(8)10/h2-3H2,1H3. The Kier molecular flexibility index (Phi) is 2.49. The maximum atomic E-state index is 11.2. The molecule has 0 saturated carbocycles. The maximum absolute atomic E-state index is 11.2. The minimum Gasteiger partial charge on any atom is -0.255 e. The Balaban J connectivity index is 2.90. The molecule has 0 bridgehead atoms. The molecule has 0 aromatic rings. The number of carbonyl (C=O) groups is 2. The predicted molar refractivity (Wildman–Crippen MR) is 44.9 cm³/mol. The highest BCUT2D eigenvalue weighted by molar-refractivity contribution is 7.88. The van der Waals surface area contributed by atoms with Gasteiger partial charge in [-0.25, -0.2) is 22.4 Å². The van der Waals surface area contributed by atoms with Gasteiger partial charge in [0.1, 0.15) is 0 Å². The molecule has 3 amide bonds. The van der Waals surface area contributed by atoms with Crippen molar-refractivity contribution in [3.05, 3.63) is 0 Å². The fraction of sp³-hybridized carbons (Fsp3) is 0.600. The van der Waals surface area contributed by atoms with Gasteiger partial charge in [-0.2, -0.15) is 0 Å². The van der Waals surface area contributed by atoms with Crippen molar-refractivity contribution in [2.75, 3.05) is 19.3 Å². The molecule has 1 heterocycles. The smallest absolute Gasteiger partial charge is 0.255 e. The largest absolute Gasteiger partial charge is 0.341 e. The summed E-state index contributed by atoms with van der Waals surface area (Å²) in [7, 11) is -3.59. The van der Waals surface area contributed by atoms with Crippen molar-refractivity contribution in [2.45, 2.75) is 0 Å². The molecule has 8 heteroatoms. The van der Waals surface area contributed by atoms with E-state index >= 15 is 0 Å². The predicted octanol–water partition coefficient (Wildman–Crippen LogP) is 0.0424. The van der Waals surface area contributed by atoms with Crippen LogP contribution in [0.5, 0.6) is 0 Å². The Bertz CT molecular complexity index is 352. The monoisotopic (exact) mass is 226 g/mol. The highest BCUT2D eigenvalue weighted by Gasteiger charge is 2.37. The van der Waals surface area contributed by atoms with Gasteiger partial charge in [0, 0.05) is 0 Å². The van der Waals surface area contributed by atoms with Gasteiger partial charge in [-0.15, -0.1) is 0 Å². The fourth-order valence-corrected chi connectivity index (χ4v) is 1.94. The van der Waals surface area contributed by atoms with Crippen molar-refractivity contribution < 1.29 is 18.0 Å². The molecule has 1 fully saturated rings. The summed E-state index contributed by atoms with van der Waals surface area (Å²) in [6.45, 7) is -0.0234. The third-order valence-electron chi connectivity index (χ3n) is 1.58. The molecule has 0 unspecified atom stereocenters. The minimum atomic E-state index is -3.59. The molecule has 1 rings (SSSR count). The molecule has 1 aliphatic rings. The summed E-state index contributed by atoms with van der Waals surface area (Å²) in [6.07, 6.45) is 0.896. The van der Waals surface area contributed by atoms with Crippen molar-refractivity contribution in [3.8, 4) is 0 Å². The highest BCUT2D eigenvalue weighted by atomic mass is 35.5. The Morgan fingerprint density at radius 3 is 2.23 bits per heavy atom. The molecule has 1 aliphatic heterocycles. The van der Waals surface area contributed by atoms with E-state index in [9.17, 15) is 18.0 Å². The van der Waals surface area contributed by atoms with Gasteiger partial charge < -0.3 is 0 Å². The van der Waals surface area contributed by atoms with Crippen molar-refractivity contribution in [1.82, 2.24) is 9.21 Å². The van der Waals surface area contributed by atoms with Gasteiger partial charge in [0.2, 0.25) is 10.0 Å². The number of sulfonamides is 1. The summed E-state index contributed by atoms with van der Waals surface area (Å²) in [5.41, 5.74) is 0. The molecule has 0 spiro atoms. The van der Waals surface area contributed by atoms with E-state index in [-0.39, 0.29) is 13.1 Å². The van der Waals surface area contributed by atoms with Crippen molar-refractivity contribution >= 4 is 33.0 Å². The van der Waals surface area contributed by atoms with E-state index in [2.05, 4.69) is 0 Å². The summed E-state index contributed by atoms with van der Waals surface area (Å²) in [5.74, 6) is 0. The summed E-state index contributed by atoms with van der Waals surface area (Å²) in [6, 6.07) is -0.887. The molecule has 0 N–H and O–H groups in total. The molecule has 13 heavy (non-hydrogen) atoms. The maximum Gasteiger partial charge on any atom is 0.341 e. The van der Waals surface area contributed by atoms with Crippen molar-refractivity contribution in [3.63, 3.8) is 0 Å². The number of nitrogens with zero attached hydrogens (tertiary/aromatic N) is 2. The zero-order valence-corrected chi connectivity index (χ0v) is 8.30. The Labute approximate surface area is 80.1 Å². The average molecular weight is 227 g/mol. The van der Waals surface area contributed by atoms with Crippen LogP contribution in [-0.2, 0) is 10.0 Å². The fourth-order valence-electron chi connectivity index (χ4n) is 0.988. The quantitative estimate of drug-likeness (QED) is 0.468. The number of amides is 3. The number of rotatable bonds is 1. The SMILES string of the molecule is CS(=O)(=O)N1CCN(C(=O)Cl)C1=O. The van der Waals surface area contributed by atoms with Crippen molar-refractivity contribution in [1.29, 1.82) is 0 Å². The minimum absolute atomic E-state index is 0.00817. The number of hydrogen-bond donors (Lipinski definition) is 0. The summed E-state index contributed by atoms with van der Waals surface area (Å²) < 4.78 is 22.5. The molecule has 0 radical (unpaired) electrons. The van der Waals surface area contributed by atoms with Crippen LogP contribution in [0.3, 0.4) is 0 Å². The first-order valence-corrected chi connectivity index (χ1v) is 5.55. The number of carbonyl (C=O) groups excluding carboxylic acids is 2. The van der Waals surface area contributed by atoms with Gasteiger partial charge in [0.25, 0.3) is 0 Å². The second-order valence-electron chi connectivity index (χ2n) is 2.52.